The number of carbonyl (C=O) groups is 1. The molecule has 1 N–H and O–H groups in total. The zero-order valence-electron chi connectivity index (χ0n) is 16.5. The van der Waals surface area contributed by atoms with Crippen molar-refractivity contribution in [2.75, 3.05) is 27.2 Å². The maximum Gasteiger partial charge on any atom is 0.310 e. The minimum atomic E-state index is -0.146. The number of hydrogen-bond acceptors (Lipinski definition) is 4. The Kier molecular flexibility index (Phi) is 8.28. The van der Waals surface area contributed by atoms with Crippen LogP contribution in [-0.2, 0) is 22.6 Å². The lowest BCUT2D eigenvalue weighted by atomic mass is 9.99. The molecule has 3 rings (SSSR count). The van der Waals surface area contributed by atoms with Gasteiger partial charge in [-0.1, -0.05) is 31.2 Å². The Morgan fingerprint density at radius 3 is 2.82 bits per heavy atom. The van der Waals surface area contributed by atoms with E-state index in [0.29, 0.717) is 13.1 Å². The number of esters is 1. The smallest absolute Gasteiger partial charge is 0.310 e. The van der Waals surface area contributed by atoms with Crippen molar-refractivity contribution in [1.29, 1.82) is 0 Å². The Morgan fingerprint density at radius 1 is 1.36 bits per heavy atom. The van der Waals surface area contributed by atoms with Crippen molar-refractivity contribution < 1.29 is 9.53 Å². The number of aliphatic imine (C=N–C) groups is 1. The second kappa shape index (κ2) is 10.4. The number of likely N-dealkylation sites (tertiary alicyclic amines) is 1. The molecule has 1 aliphatic heterocycles. The Balaban J connectivity index is 0.00000280. The van der Waals surface area contributed by atoms with Crippen LogP contribution in [0.3, 0.4) is 0 Å². The van der Waals surface area contributed by atoms with E-state index < -0.39 is 0 Å². The zero-order chi connectivity index (χ0) is 19.2. The van der Waals surface area contributed by atoms with Crippen LogP contribution in [0, 0.1) is 11.8 Å². The van der Waals surface area contributed by atoms with E-state index in [1.54, 1.807) is 13.2 Å². The van der Waals surface area contributed by atoms with Gasteiger partial charge in [-0.15, -0.1) is 24.0 Å². The van der Waals surface area contributed by atoms with Crippen LogP contribution in [-0.4, -0.2) is 53.6 Å². The fourth-order valence-corrected chi connectivity index (χ4v) is 3.54. The summed E-state index contributed by atoms with van der Waals surface area (Å²) in [5.74, 6) is 0.808. The molecule has 2 aromatic rings. The van der Waals surface area contributed by atoms with Gasteiger partial charge in [0.15, 0.2) is 5.96 Å². The van der Waals surface area contributed by atoms with Gasteiger partial charge in [0.1, 0.15) is 0 Å². The number of methoxy groups -OCH3 is 1. The van der Waals surface area contributed by atoms with Gasteiger partial charge >= 0.3 is 5.97 Å². The van der Waals surface area contributed by atoms with Gasteiger partial charge in [0, 0.05) is 45.6 Å². The van der Waals surface area contributed by atoms with Crippen molar-refractivity contribution in [1.82, 2.24) is 19.8 Å². The molecule has 8 heteroatoms. The molecule has 2 atom stereocenters. The number of aromatic nitrogens is 2. The van der Waals surface area contributed by atoms with Crippen LogP contribution in [0.1, 0.15) is 18.1 Å². The number of halogens is 1. The van der Waals surface area contributed by atoms with Gasteiger partial charge in [-0.25, -0.2) is 4.98 Å². The first-order chi connectivity index (χ1) is 13.1. The second-order valence-electron chi connectivity index (χ2n) is 6.97. The van der Waals surface area contributed by atoms with Gasteiger partial charge in [0.2, 0.25) is 0 Å². The Bertz CT molecular complexity index is 794. The van der Waals surface area contributed by atoms with Gasteiger partial charge in [-0.05, 0) is 17.0 Å². The van der Waals surface area contributed by atoms with Crippen LogP contribution in [0.5, 0.6) is 0 Å². The topological polar surface area (TPSA) is 71.8 Å². The highest BCUT2D eigenvalue weighted by atomic mass is 127. The molecule has 0 radical (unpaired) electrons. The largest absolute Gasteiger partial charge is 0.469 e. The van der Waals surface area contributed by atoms with Crippen LogP contribution < -0.4 is 5.32 Å². The number of hydrogen-bond donors (Lipinski definition) is 1. The summed E-state index contributed by atoms with van der Waals surface area (Å²) >= 11 is 0. The molecular formula is C20H28IN5O2. The standard InChI is InChI=1S/C20H27N5O2.HI/c1-15-11-25(13-18(15)19(26)27-3)20(21-2)23-10-16-5-4-6-17(9-16)12-24-8-7-22-14-24;/h4-9,14-15,18H,10-13H2,1-3H3,(H,21,23);1H. The van der Waals surface area contributed by atoms with E-state index in [2.05, 4.69) is 51.4 Å². The van der Waals surface area contributed by atoms with Gasteiger partial charge < -0.3 is 19.5 Å². The first-order valence-electron chi connectivity index (χ1n) is 9.17. The van der Waals surface area contributed by atoms with Crippen LogP contribution in [0.4, 0.5) is 0 Å². The third-order valence-electron chi connectivity index (χ3n) is 4.99. The Hall–Kier alpha value is -2.10. The molecule has 1 aromatic carbocycles. The van der Waals surface area contributed by atoms with Crippen LogP contribution in [0.2, 0.25) is 0 Å². The summed E-state index contributed by atoms with van der Waals surface area (Å²) in [7, 11) is 3.22. The van der Waals surface area contributed by atoms with Crippen molar-refractivity contribution >= 4 is 35.9 Å². The molecule has 1 aromatic heterocycles. The lowest BCUT2D eigenvalue weighted by Crippen LogP contribution is -2.40. The van der Waals surface area contributed by atoms with Crippen molar-refractivity contribution in [2.24, 2.45) is 16.8 Å². The number of carbonyl (C=O) groups excluding carboxylic acids is 1. The van der Waals surface area contributed by atoms with E-state index in [1.165, 1.54) is 18.2 Å². The van der Waals surface area contributed by atoms with Gasteiger partial charge in [-0.2, -0.15) is 0 Å². The number of imidazole rings is 1. The summed E-state index contributed by atoms with van der Waals surface area (Å²) in [6.07, 6.45) is 5.56. The average Bonchev–Trinajstić information content (AvgIpc) is 3.32. The SMILES string of the molecule is CN=C(NCc1cccc(Cn2ccnc2)c1)N1CC(C)C(C(=O)OC)C1.I. The van der Waals surface area contributed by atoms with E-state index in [-0.39, 0.29) is 41.8 Å². The van der Waals surface area contributed by atoms with E-state index in [4.69, 9.17) is 4.74 Å². The monoisotopic (exact) mass is 497 g/mol. The molecule has 2 unspecified atom stereocenters. The fourth-order valence-electron chi connectivity index (χ4n) is 3.54. The van der Waals surface area contributed by atoms with E-state index in [1.807, 2.05) is 17.1 Å². The van der Waals surface area contributed by atoms with Gasteiger partial charge in [-0.3, -0.25) is 9.79 Å². The number of nitrogens with one attached hydrogen (secondary N) is 1. The van der Waals surface area contributed by atoms with Crippen molar-refractivity contribution in [2.45, 2.75) is 20.0 Å². The first kappa shape index (κ1) is 22.2. The molecule has 1 fully saturated rings. The lowest BCUT2D eigenvalue weighted by molar-refractivity contribution is -0.145. The summed E-state index contributed by atoms with van der Waals surface area (Å²) in [5.41, 5.74) is 2.41. The highest BCUT2D eigenvalue weighted by Gasteiger charge is 2.36. The molecule has 0 bridgehead atoms. The third-order valence-corrected chi connectivity index (χ3v) is 4.99. The summed E-state index contributed by atoms with van der Waals surface area (Å²) in [6, 6.07) is 8.46. The minimum Gasteiger partial charge on any atom is -0.469 e. The molecule has 0 saturated carbocycles. The first-order valence-corrected chi connectivity index (χ1v) is 9.17. The quantitative estimate of drug-likeness (QED) is 0.297. The third kappa shape index (κ3) is 5.46. The van der Waals surface area contributed by atoms with Crippen LogP contribution >= 0.6 is 24.0 Å². The molecule has 28 heavy (non-hydrogen) atoms. The van der Waals surface area contributed by atoms with Gasteiger partial charge in [0.25, 0.3) is 0 Å². The predicted molar refractivity (Wildman–Crippen MR) is 120 cm³/mol. The van der Waals surface area contributed by atoms with Crippen molar-refractivity contribution in [3.05, 3.63) is 54.1 Å². The zero-order valence-corrected chi connectivity index (χ0v) is 18.9. The molecule has 7 nitrogen and oxygen atoms in total. The van der Waals surface area contributed by atoms with Crippen LogP contribution in [0.15, 0.2) is 48.0 Å². The maximum absolute atomic E-state index is 11.9. The molecule has 0 amide bonds. The number of nitrogens with zero attached hydrogens (tertiary/aromatic N) is 4. The summed E-state index contributed by atoms with van der Waals surface area (Å²) in [4.78, 5) is 22.5. The molecule has 1 aliphatic rings. The van der Waals surface area contributed by atoms with E-state index >= 15 is 0 Å². The average molecular weight is 497 g/mol. The predicted octanol–water partition coefficient (Wildman–Crippen LogP) is 2.37. The Labute approximate surface area is 183 Å². The highest BCUT2D eigenvalue weighted by molar-refractivity contribution is 14.0. The summed E-state index contributed by atoms with van der Waals surface area (Å²) in [5, 5.41) is 3.42. The minimum absolute atomic E-state index is 0. The van der Waals surface area contributed by atoms with Crippen molar-refractivity contribution in [3.63, 3.8) is 0 Å². The van der Waals surface area contributed by atoms with Crippen molar-refractivity contribution in [3.8, 4) is 0 Å². The molecule has 1 saturated heterocycles. The van der Waals surface area contributed by atoms with Crippen LogP contribution in [0.25, 0.3) is 0 Å². The van der Waals surface area contributed by atoms with E-state index in [0.717, 1.165) is 19.0 Å². The highest BCUT2D eigenvalue weighted by Crippen LogP contribution is 2.24. The normalized spacial score (nSPS) is 19.2. The molecule has 152 valence electrons. The summed E-state index contributed by atoms with van der Waals surface area (Å²) < 4.78 is 6.97. The summed E-state index contributed by atoms with van der Waals surface area (Å²) in [6.45, 7) is 4.98. The second-order valence-corrected chi connectivity index (χ2v) is 6.97. The number of rotatable bonds is 5. The number of benzene rings is 1. The maximum atomic E-state index is 11.9. The number of guanidine groups is 1. The molecule has 0 spiro atoms. The lowest BCUT2D eigenvalue weighted by Gasteiger charge is -2.21. The van der Waals surface area contributed by atoms with E-state index in [9.17, 15) is 4.79 Å². The Morgan fingerprint density at radius 2 is 2.14 bits per heavy atom. The molecular weight excluding hydrogens is 469 g/mol. The van der Waals surface area contributed by atoms with Gasteiger partial charge in [0.05, 0.1) is 19.4 Å². The molecule has 2 heterocycles. The molecule has 0 aliphatic carbocycles. The number of ether oxygens (including phenoxy) is 1. The fraction of sp³-hybridized carbons (Fsp3) is 0.450.